The minimum atomic E-state index is 0.286. The van der Waals surface area contributed by atoms with E-state index in [0.717, 1.165) is 21.8 Å². The molecule has 2 nitrogen and oxygen atoms in total. The predicted octanol–water partition coefficient (Wildman–Crippen LogP) is 3.20. The summed E-state index contributed by atoms with van der Waals surface area (Å²) in [5.74, 6) is 0.286. The fourth-order valence-corrected chi connectivity index (χ4v) is 1.87. The average molecular weight is 240 g/mol. The SMILES string of the molecule is CCc1cc2c(Br)c(O)ccc2[nH]1. The van der Waals surface area contributed by atoms with E-state index in [1.54, 1.807) is 6.07 Å². The second kappa shape index (κ2) is 3.07. The van der Waals surface area contributed by atoms with Crippen molar-refractivity contribution < 1.29 is 5.11 Å². The maximum absolute atomic E-state index is 9.44. The summed E-state index contributed by atoms with van der Waals surface area (Å²) in [7, 11) is 0. The Morgan fingerprint density at radius 2 is 2.23 bits per heavy atom. The molecule has 0 radical (unpaired) electrons. The molecule has 0 unspecified atom stereocenters. The molecule has 0 spiro atoms. The molecule has 0 saturated heterocycles. The van der Waals surface area contributed by atoms with E-state index in [1.165, 1.54) is 5.69 Å². The van der Waals surface area contributed by atoms with Crippen molar-refractivity contribution in [2.45, 2.75) is 13.3 Å². The quantitative estimate of drug-likeness (QED) is 0.788. The number of aryl methyl sites for hydroxylation is 1. The maximum Gasteiger partial charge on any atom is 0.130 e. The monoisotopic (exact) mass is 239 g/mol. The van der Waals surface area contributed by atoms with E-state index in [9.17, 15) is 5.11 Å². The first-order valence-corrected chi connectivity index (χ1v) is 5.00. The third-order valence-electron chi connectivity index (χ3n) is 2.15. The van der Waals surface area contributed by atoms with Gasteiger partial charge in [0.05, 0.1) is 4.47 Å². The number of hydrogen-bond acceptors (Lipinski definition) is 1. The number of H-pyrrole nitrogens is 1. The first kappa shape index (κ1) is 8.63. The van der Waals surface area contributed by atoms with Crippen LogP contribution < -0.4 is 0 Å². The summed E-state index contributed by atoms with van der Waals surface area (Å²) in [6.45, 7) is 2.10. The van der Waals surface area contributed by atoms with E-state index in [2.05, 4.69) is 33.9 Å². The van der Waals surface area contributed by atoms with E-state index in [1.807, 2.05) is 6.07 Å². The zero-order valence-corrected chi connectivity index (χ0v) is 8.85. The van der Waals surface area contributed by atoms with Gasteiger partial charge in [0.2, 0.25) is 0 Å². The molecule has 0 aliphatic rings. The minimum Gasteiger partial charge on any atom is -0.507 e. The molecule has 1 aromatic heterocycles. The van der Waals surface area contributed by atoms with Crippen LogP contribution in [0.3, 0.4) is 0 Å². The Balaban J connectivity index is 2.76. The van der Waals surface area contributed by atoms with Gasteiger partial charge in [0, 0.05) is 16.6 Å². The molecule has 1 aromatic carbocycles. The smallest absolute Gasteiger partial charge is 0.130 e. The first-order chi connectivity index (χ1) is 6.22. The van der Waals surface area contributed by atoms with Crippen LogP contribution >= 0.6 is 15.9 Å². The Bertz CT molecular complexity index is 447. The van der Waals surface area contributed by atoms with Gasteiger partial charge in [0.15, 0.2) is 0 Å². The summed E-state index contributed by atoms with van der Waals surface area (Å²) in [4.78, 5) is 3.27. The fourth-order valence-electron chi connectivity index (χ4n) is 1.41. The molecule has 1 heterocycles. The van der Waals surface area contributed by atoms with Crippen LogP contribution in [0.1, 0.15) is 12.6 Å². The molecule has 0 fully saturated rings. The highest BCUT2D eigenvalue weighted by Gasteiger charge is 2.06. The van der Waals surface area contributed by atoms with Crippen molar-refractivity contribution in [2.75, 3.05) is 0 Å². The average Bonchev–Trinajstić information content (AvgIpc) is 2.55. The van der Waals surface area contributed by atoms with Crippen LogP contribution in [0.25, 0.3) is 10.9 Å². The Kier molecular flexibility index (Phi) is 2.04. The second-order valence-electron chi connectivity index (χ2n) is 3.01. The number of phenolic OH excluding ortho intramolecular Hbond substituents is 1. The highest BCUT2D eigenvalue weighted by atomic mass is 79.9. The van der Waals surface area contributed by atoms with Crippen LogP contribution in [0.15, 0.2) is 22.7 Å². The molecule has 0 aliphatic heterocycles. The number of aromatic amines is 1. The van der Waals surface area contributed by atoms with E-state index in [0.29, 0.717) is 0 Å². The number of benzene rings is 1. The molecule has 2 aromatic rings. The largest absolute Gasteiger partial charge is 0.507 e. The van der Waals surface area contributed by atoms with E-state index < -0.39 is 0 Å². The van der Waals surface area contributed by atoms with Crippen LogP contribution in [0.2, 0.25) is 0 Å². The number of fused-ring (bicyclic) bond motifs is 1. The van der Waals surface area contributed by atoms with E-state index in [-0.39, 0.29) is 5.75 Å². The molecule has 3 heteroatoms. The lowest BCUT2D eigenvalue weighted by atomic mass is 10.2. The van der Waals surface area contributed by atoms with Crippen LogP contribution in [-0.2, 0) is 6.42 Å². The lowest BCUT2D eigenvalue weighted by Crippen LogP contribution is -1.75. The minimum absolute atomic E-state index is 0.286. The number of phenols is 1. The number of nitrogens with one attached hydrogen (secondary N) is 1. The summed E-state index contributed by atoms with van der Waals surface area (Å²) in [5, 5.41) is 10.5. The van der Waals surface area contributed by atoms with Crippen molar-refractivity contribution in [3.63, 3.8) is 0 Å². The Hall–Kier alpha value is -0.960. The molecule has 0 aliphatic carbocycles. The summed E-state index contributed by atoms with van der Waals surface area (Å²) in [6.07, 6.45) is 0.974. The van der Waals surface area contributed by atoms with Gasteiger partial charge in [-0.3, -0.25) is 0 Å². The predicted molar refractivity (Wildman–Crippen MR) is 57.0 cm³/mol. The van der Waals surface area contributed by atoms with Crippen molar-refractivity contribution in [2.24, 2.45) is 0 Å². The normalized spacial score (nSPS) is 10.9. The van der Waals surface area contributed by atoms with Crippen molar-refractivity contribution in [3.05, 3.63) is 28.4 Å². The molecule has 0 saturated carbocycles. The number of halogens is 1. The van der Waals surface area contributed by atoms with Gasteiger partial charge in [-0.25, -0.2) is 0 Å². The Morgan fingerprint density at radius 1 is 1.46 bits per heavy atom. The third-order valence-corrected chi connectivity index (χ3v) is 2.99. The number of aromatic nitrogens is 1. The number of hydrogen-bond donors (Lipinski definition) is 2. The lowest BCUT2D eigenvalue weighted by molar-refractivity contribution is 0.473. The molecule has 68 valence electrons. The van der Waals surface area contributed by atoms with Crippen molar-refractivity contribution in [3.8, 4) is 5.75 Å². The van der Waals surface area contributed by atoms with Gasteiger partial charge >= 0.3 is 0 Å². The molecular weight excluding hydrogens is 230 g/mol. The van der Waals surface area contributed by atoms with Gasteiger partial charge < -0.3 is 10.1 Å². The van der Waals surface area contributed by atoms with Crippen LogP contribution in [-0.4, -0.2) is 10.1 Å². The van der Waals surface area contributed by atoms with Gasteiger partial charge in [0.25, 0.3) is 0 Å². The zero-order chi connectivity index (χ0) is 9.42. The summed E-state index contributed by atoms with van der Waals surface area (Å²) in [6, 6.07) is 5.62. The second-order valence-corrected chi connectivity index (χ2v) is 3.80. The van der Waals surface area contributed by atoms with Crippen LogP contribution in [0, 0.1) is 0 Å². The van der Waals surface area contributed by atoms with Gasteiger partial charge in [-0.15, -0.1) is 0 Å². The van der Waals surface area contributed by atoms with Gasteiger partial charge in [0.1, 0.15) is 5.75 Å². The standard InChI is InChI=1S/C10H10BrNO/c1-2-6-5-7-8(12-6)3-4-9(13)10(7)11/h3-5,12-13H,2H2,1H3. The van der Waals surface area contributed by atoms with Crippen LogP contribution in [0.5, 0.6) is 5.75 Å². The van der Waals surface area contributed by atoms with E-state index >= 15 is 0 Å². The Morgan fingerprint density at radius 3 is 2.92 bits per heavy atom. The molecular formula is C10H10BrNO. The molecule has 2 rings (SSSR count). The third kappa shape index (κ3) is 1.33. The summed E-state index contributed by atoms with van der Waals surface area (Å²) < 4.78 is 0.765. The maximum atomic E-state index is 9.44. The summed E-state index contributed by atoms with van der Waals surface area (Å²) >= 11 is 3.35. The highest BCUT2D eigenvalue weighted by molar-refractivity contribution is 9.10. The van der Waals surface area contributed by atoms with Gasteiger partial charge in [-0.2, -0.15) is 0 Å². The molecule has 2 N–H and O–H groups in total. The zero-order valence-electron chi connectivity index (χ0n) is 7.26. The van der Waals surface area contributed by atoms with Gasteiger partial charge in [-0.1, -0.05) is 6.92 Å². The number of rotatable bonds is 1. The molecule has 0 amide bonds. The van der Waals surface area contributed by atoms with Crippen LogP contribution in [0.4, 0.5) is 0 Å². The Labute approximate surface area is 84.7 Å². The fraction of sp³-hybridized carbons (Fsp3) is 0.200. The number of aromatic hydroxyl groups is 1. The van der Waals surface area contributed by atoms with Crippen molar-refractivity contribution in [1.82, 2.24) is 4.98 Å². The molecule has 13 heavy (non-hydrogen) atoms. The summed E-state index contributed by atoms with van der Waals surface area (Å²) in [5.41, 5.74) is 2.24. The first-order valence-electron chi connectivity index (χ1n) is 4.21. The van der Waals surface area contributed by atoms with E-state index in [4.69, 9.17) is 0 Å². The molecule has 0 bridgehead atoms. The molecule has 0 atom stereocenters. The highest BCUT2D eigenvalue weighted by Crippen LogP contribution is 2.32. The van der Waals surface area contributed by atoms with Crippen molar-refractivity contribution in [1.29, 1.82) is 0 Å². The van der Waals surface area contributed by atoms with Crippen molar-refractivity contribution >= 4 is 26.8 Å². The lowest BCUT2D eigenvalue weighted by Gasteiger charge is -1.96. The topological polar surface area (TPSA) is 36.0 Å². The van der Waals surface area contributed by atoms with Gasteiger partial charge in [-0.05, 0) is 40.5 Å².